The van der Waals surface area contributed by atoms with E-state index in [4.69, 9.17) is 42.6 Å². The van der Waals surface area contributed by atoms with Crippen molar-refractivity contribution in [2.45, 2.75) is 231 Å². The second-order valence-electron chi connectivity index (χ2n) is 26.5. The molecule has 8 rings (SSSR count). The summed E-state index contributed by atoms with van der Waals surface area (Å²) in [6.07, 6.45) is -24.0. The molecule has 0 aromatic carbocycles. The van der Waals surface area contributed by atoms with Crippen molar-refractivity contribution in [2.75, 3.05) is 33.5 Å². The molecule has 27 atom stereocenters. The van der Waals surface area contributed by atoms with Crippen molar-refractivity contribution in [2.24, 2.45) is 50.2 Å². The molecule has 3 aliphatic heterocycles. The van der Waals surface area contributed by atoms with Crippen LogP contribution >= 0.6 is 0 Å². The molecule has 24 heteroatoms. The first-order valence-electron chi connectivity index (χ1n) is 29.2. The number of carbonyl (C=O) groups is 3. The summed E-state index contributed by atoms with van der Waals surface area (Å²) in [4.78, 5) is 41.2. The number of methoxy groups -OCH3 is 1. The van der Waals surface area contributed by atoms with Crippen molar-refractivity contribution in [1.29, 1.82) is 0 Å². The molecule has 7 fully saturated rings. The molecule has 24 nitrogen and oxygen atoms in total. The monoisotopic (exact) mass is 1180 g/mol. The zero-order valence-electron chi connectivity index (χ0n) is 49.5. The van der Waals surface area contributed by atoms with Gasteiger partial charge in [-0.15, -0.1) is 0 Å². The third kappa shape index (κ3) is 10.7. The molecule has 8 aliphatic rings. The van der Waals surface area contributed by atoms with Gasteiger partial charge in [-0.05, 0) is 107 Å². The Bertz CT molecular complexity index is 2450. The SMILES string of the molecule is CC=C(C)C(=O)OC1C(OC(=O)C(C)=CC)C2(CO)C(O)CC3(C)C(=CCC4C5(C)CCC(OC6OC(C(=O)OC)C(OC7OC(CO)C(O)C(O)C7O)C(O)C6OC6OC(CO)C(O)C(O)C6O)C(C)(CO)C5CCC43C)C2CC1(C)C. The molecule has 83 heavy (non-hydrogen) atoms. The first kappa shape index (κ1) is 65.9. The smallest absolute Gasteiger partial charge is 0.337 e. The molecule has 3 saturated heterocycles. The van der Waals surface area contributed by atoms with E-state index in [9.17, 15) is 75.7 Å². The van der Waals surface area contributed by atoms with E-state index in [-0.39, 0.29) is 24.7 Å². The van der Waals surface area contributed by atoms with Gasteiger partial charge in [0.1, 0.15) is 73.2 Å². The van der Waals surface area contributed by atoms with Gasteiger partial charge in [-0.25, -0.2) is 14.4 Å². The van der Waals surface area contributed by atoms with Gasteiger partial charge >= 0.3 is 17.9 Å². The van der Waals surface area contributed by atoms with Crippen LogP contribution in [0.1, 0.15) is 114 Å². The molecular formula is C59H92O24. The number of aliphatic hydroxyl groups excluding tert-OH is 12. The highest BCUT2D eigenvalue weighted by Crippen LogP contribution is 2.76. The summed E-state index contributed by atoms with van der Waals surface area (Å²) in [5.41, 5.74) is -3.52. The molecule has 12 N–H and O–H groups in total. The third-order valence-electron chi connectivity index (χ3n) is 21.9. The van der Waals surface area contributed by atoms with Gasteiger partial charge in [0, 0.05) is 22.0 Å². The Labute approximate surface area is 484 Å². The van der Waals surface area contributed by atoms with Gasteiger partial charge in [-0.1, -0.05) is 65.3 Å². The van der Waals surface area contributed by atoms with E-state index in [2.05, 4.69) is 26.8 Å². The van der Waals surface area contributed by atoms with Crippen LogP contribution in [-0.2, 0) is 57.0 Å². The molecule has 5 aliphatic carbocycles. The zero-order valence-corrected chi connectivity index (χ0v) is 49.5. The Hall–Kier alpha value is -3.09. The Kier molecular flexibility index (Phi) is 19.4. The lowest BCUT2D eigenvalue weighted by Gasteiger charge is -2.72. The van der Waals surface area contributed by atoms with Crippen molar-refractivity contribution >= 4 is 17.9 Å². The van der Waals surface area contributed by atoms with E-state index in [1.54, 1.807) is 39.8 Å². The van der Waals surface area contributed by atoms with E-state index in [1.807, 2.05) is 20.8 Å². The molecule has 0 aromatic heterocycles. The number of hydrogen-bond acceptors (Lipinski definition) is 24. The van der Waals surface area contributed by atoms with Crippen LogP contribution in [-0.4, -0.2) is 229 Å². The maximum atomic E-state index is 13.9. The van der Waals surface area contributed by atoms with E-state index >= 15 is 0 Å². The number of rotatable bonds is 15. The van der Waals surface area contributed by atoms with Crippen LogP contribution in [0, 0.1) is 50.2 Å². The highest BCUT2D eigenvalue weighted by Gasteiger charge is 2.74. The fourth-order valence-electron chi connectivity index (χ4n) is 16.5. The minimum Gasteiger partial charge on any atom is -0.467 e. The van der Waals surface area contributed by atoms with E-state index < -0.39 is 199 Å². The van der Waals surface area contributed by atoms with Crippen LogP contribution < -0.4 is 0 Å². The molecule has 0 spiro atoms. The summed E-state index contributed by atoms with van der Waals surface area (Å²) in [6.45, 7) is 16.4. The Morgan fingerprint density at radius 3 is 1.67 bits per heavy atom. The van der Waals surface area contributed by atoms with E-state index in [1.165, 1.54) is 0 Å². The Balaban J connectivity index is 1.13. The average molecular weight is 1190 g/mol. The summed E-state index contributed by atoms with van der Waals surface area (Å²) in [7, 11) is 1.02. The number of allylic oxidation sites excluding steroid dienone is 4. The molecule has 4 saturated carbocycles. The number of carbonyl (C=O) groups excluding carboxylic acids is 3. The van der Waals surface area contributed by atoms with Gasteiger partial charge in [0.15, 0.2) is 31.1 Å². The lowest BCUT2D eigenvalue weighted by molar-refractivity contribution is -0.392. The molecule has 0 aromatic rings. The quantitative estimate of drug-likeness (QED) is 0.0330. The second-order valence-corrected chi connectivity index (χ2v) is 26.5. The summed E-state index contributed by atoms with van der Waals surface area (Å²) >= 11 is 0. The molecule has 472 valence electrons. The van der Waals surface area contributed by atoms with Gasteiger partial charge in [0.2, 0.25) is 0 Å². The first-order chi connectivity index (χ1) is 38.9. The number of hydrogen-bond donors (Lipinski definition) is 12. The second kappa shape index (κ2) is 24.5. The molecule has 27 unspecified atom stereocenters. The standard InChI is InChI=1S/C59H92O24/c1-12-26(3)48(72)82-46-47(83-49(73)27(4)13-2)59(25-63)29(20-54(46,5)6)28-14-15-33-55(7)18-17-35(56(8,24-62)32(55)16-19-57(33,9)58(28,10)21-34(59)64)78-53-44(80-52-41(70)39(68)37(66)31(23-61)77-52)42(71)43(45(81-53)50(74)75-11)79-51-40(69)38(67)36(65)30(22-60)76-51/h12-14,29-47,51-53,60-71H,15-25H2,1-11H3. The predicted molar refractivity (Wildman–Crippen MR) is 287 cm³/mol. The minimum absolute atomic E-state index is 0.0812. The lowest BCUT2D eigenvalue weighted by atomic mass is 9.33. The van der Waals surface area contributed by atoms with Gasteiger partial charge < -0.3 is 104 Å². The maximum Gasteiger partial charge on any atom is 0.337 e. The summed E-state index contributed by atoms with van der Waals surface area (Å²) in [5, 5.41) is 134. The normalized spacial score (nSPS) is 49.0. The van der Waals surface area contributed by atoms with Crippen molar-refractivity contribution < 1.29 is 118 Å². The molecule has 0 bridgehead atoms. The van der Waals surface area contributed by atoms with Gasteiger partial charge in [0.05, 0.1) is 51.2 Å². The number of ether oxygens (including phenoxy) is 9. The van der Waals surface area contributed by atoms with Crippen molar-refractivity contribution in [3.63, 3.8) is 0 Å². The van der Waals surface area contributed by atoms with Gasteiger partial charge in [-0.3, -0.25) is 0 Å². The highest BCUT2D eigenvalue weighted by atomic mass is 16.8. The fraction of sp³-hybridized carbons (Fsp3) is 0.847. The highest BCUT2D eigenvalue weighted by molar-refractivity contribution is 5.89. The van der Waals surface area contributed by atoms with Crippen molar-refractivity contribution in [3.8, 4) is 0 Å². The Morgan fingerprint density at radius 2 is 1.17 bits per heavy atom. The minimum atomic E-state index is -2.10. The van der Waals surface area contributed by atoms with Crippen molar-refractivity contribution in [3.05, 3.63) is 34.9 Å². The van der Waals surface area contributed by atoms with Crippen LogP contribution in [0.2, 0.25) is 0 Å². The van der Waals surface area contributed by atoms with Crippen LogP contribution in [0.25, 0.3) is 0 Å². The van der Waals surface area contributed by atoms with Crippen LogP contribution in [0.15, 0.2) is 34.9 Å². The summed E-state index contributed by atoms with van der Waals surface area (Å²) < 4.78 is 54.4. The zero-order chi connectivity index (χ0) is 61.4. The fourth-order valence-corrected chi connectivity index (χ4v) is 16.5. The number of esters is 3. The van der Waals surface area contributed by atoms with Crippen LogP contribution in [0.5, 0.6) is 0 Å². The molecule has 3 heterocycles. The van der Waals surface area contributed by atoms with E-state index in [0.717, 1.165) is 12.7 Å². The summed E-state index contributed by atoms with van der Waals surface area (Å²) in [6, 6.07) is 0. The Morgan fingerprint density at radius 1 is 0.627 bits per heavy atom. The summed E-state index contributed by atoms with van der Waals surface area (Å²) in [5.74, 6) is -3.30. The number of aliphatic hydroxyl groups is 12. The predicted octanol–water partition coefficient (Wildman–Crippen LogP) is -0.286. The largest absolute Gasteiger partial charge is 0.467 e. The van der Waals surface area contributed by atoms with Crippen LogP contribution in [0.3, 0.4) is 0 Å². The average Bonchev–Trinajstić information content (AvgIpc) is 1.06. The first-order valence-corrected chi connectivity index (χ1v) is 29.2. The lowest BCUT2D eigenvalue weighted by Crippen LogP contribution is -2.72. The molecular weight excluding hydrogens is 1090 g/mol. The van der Waals surface area contributed by atoms with Gasteiger partial charge in [0.25, 0.3) is 0 Å². The molecule has 0 radical (unpaired) electrons. The topological polar surface area (TPSA) is 377 Å². The molecule has 0 amide bonds. The maximum absolute atomic E-state index is 13.9. The van der Waals surface area contributed by atoms with Crippen molar-refractivity contribution in [1.82, 2.24) is 0 Å². The van der Waals surface area contributed by atoms with Gasteiger partial charge in [-0.2, -0.15) is 0 Å². The van der Waals surface area contributed by atoms with E-state index in [0.29, 0.717) is 43.3 Å². The van der Waals surface area contributed by atoms with Crippen LogP contribution in [0.4, 0.5) is 0 Å². The third-order valence-corrected chi connectivity index (χ3v) is 21.9. The number of fused-ring (bicyclic) bond motifs is 7.